The zero-order chi connectivity index (χ0) is 23.5. The Morgan fingerprint density at radius 1 is 1.25 bits per heavy atom. The van der Waals surface area contributed by atoms with Gasteiger partial charge in [0.15, 0.2) is 0 Å². The van der Waals surface area contributed by atoms with E-state index in [1.807, 2.05) is 39.8 Å². The molecule has 1 N–H and O–H groups in total. The van der Waals surface area contributed by atoms with Crippen molar-refractivity contribution in [3.8, 4) is 0 Å². The van der Waals surface area contributed by atoms with E-state index in [0.29, 0.717) is 43.9 Å². The number of carbonyl (C=O) groups is 4. The minimum Gasteiger partial charge on any atom is -0.444 e. The minimum absolute atomic E-state index is 0.0189. The van der Waals surface area contributed by atoms with E-state index in [-0.39, 0.29) is 30.4 Å². The van der Waals surface area contributed by atoms with Gasteiger partial charge in [-0.3, -0.25) is 19.7 Å². The number of benzene rings is 1. The number of carbonyl (C=O) groups excluding carboxylic acids is 4. The molecule has 1 unspecified atom stereocenters. The molecule has 4 amide bonds. The molecule has 2 aliphatic rings. The van der Waals surface area contributed by atoms with Crippen LogP contribution in [0.15, 0.2) is 18.2 Å². The average molecular weight is 444 g/mol. The first-order valence-electron chi connectivity index (χ1n) is 11.2. The molecular weight excluding hydrogens is 410 g/mol. The molecule has 0 spiro atoms. The Hall–Kier alpha value is -2.90. The highest BCUT2D eigenvalue weighted by Crippen LogP contribution is 2.33. The van der Waals surface area contributed by atoms with Crippen molar-refractivity contribution in [2.45, 2.75) is 77.5 Å². The van der Waals surface area contributed by atoms with Crippen LogP contribution in [0.3, 0.4) is 0 Å². The highest BCUT2D eigenvalue weighted by Gasteiger charge is 2.32. The van der Waals surface area contributed by atoms with Crippen molar-refractivity contribution in [2.75, 3.05) is 13.1 Å². The summed E-state index contributed by atoms with van der Waals surface area (Å²) in [5.74, 6) is -0.0155. The first-order chi connectivity index (χ1) is 15.1. The molecule has 1 fully saturated rings. The molecule has 2 heterocycles. The molecule has 8 nitrogen and oxygen atoms in total. The molecule has 0 aliphatic carbocycles. The Balaban J connectivity index is 1.58. The zero-order valence-corrected chi connectivity index (χ0v) is 19.3. The van der Waals surface area contributed by atoms with Crippen LogP contribution in [0.25, 0.3) is 0 Å². The lowest BCUT2D eigenvalue weighted by Crippen LogP contribution is -2.41. The molecule has 2 aliphatic heterocycles. The number of hydrogen-bond donors (Lipinski definition) is 1. The second kappa shape index (κ2) is 9.71. The van der Waals surface area contributed by atoms with Crippen LogP contribution >= 0.6 is 0 Å². The first-order valence-corrected chi connectivity index (χ1v) is 11.2. The quantitative estimate of drug-likeness (QED) is 0.681. The van der Waals surface area contributed by atoms with Crippen LogP contribution in [0.2, 0.25) is 0 Å². The number of ether oxygens (including phenoxy) is 1. The van der Waals surface area contributed by atoms with Crippen LogP contribution in [0.5, 0.6) is 0 Å². The molecule has 174 valence electrons. The van der Waals surface area contributed by atoms with E-state index in [0.717, 1.165) is 18.4 Å². The molecule has 32 heavy (non-hydrogen) atoms. The second-order valence-electron chi connectivity index (χ2n) is 9.66. The number of piperidine rings is 1. The molecule has 8 heteroatoms. The fourth-order valence-electron chi connectivity index (χ4n) is 4.33. The first kappa shape index (κ1) is 23.8. The fraction of sp³-hybridized carbons (Fsp3) is 0.583. The second-order valence-corrected chi connectivity index (χ2v) is 9.66. The van der Waals surface area contributed by atoms with E-state index < -0.39 is 5.60 Å². The minimum atomic E-state index is -0.498. The number of amides is 4. The number of fused-ring (bicyclic) bond motifs is 1. The van der Waals surface area contributed by atoms with Crippen molar-refractivity contribution in [3.05, 3.63) is 34.9 Å². The van der Waals surface area contributed by atoms with Gasteiger partial charge in [-0.05, 0) is 70.1 Å². The van der Waals surface area contributed by atoms with Gasteiger partial charge in [0.2, 0.25) is 12.3 Å². The summed E-state index contributed by atoms with van der Waals surface area (Å²) in [6.07, 6.45) is 2.53. The highest BCUT2D eigenvalue weighted by molar-refractivity contribution is 5.98. The predicted molar refractivity (Wildman–Crippen MR) is 119 cm³/mol. The van der Waals surface area contributed by atoms with E-state index in [2.05, 4.69) is 11.4 Å². The lowest BCUT2D eigenvalue weighted by atomic mass is 9.88. The van der Waals surface area contributed by atoms with Crippen molar-refractivity contribution in [2.24, 2.45) is 0 Å². The Bertz CT molecular complexity index is 884. The maximum Gasteiger partial charge on any atom is 0.410 e. The zero-order valence-electron chi connectivity index (χ0n) is 19.3. The number of rotatable bonds is 6. The number of nitrogens with one attached hydrogen (secondary N) is 1. The lowest BCUT2D eigenvalue weighted by Gasteiger charge is -2.33. The molecule has 0 radical (unpaired) electrons. The SMILES string of the molecule is CC(CCC(=O)NC=O)N1Cc2cc(C3CCN(C(=O)OC(C)(C)C)CC3)ccc2C1=O. The summed E-state index contributed by atoms with van der Waals surface area (Å²) in [4.78, 5) is 50.6. The largest absolute Gasteiger partial charge is 0.444 e. The van der Waals surface area contributed by atoms with E-state index in [9.17, 15) is 19.2 Å². The summed E-state index contributed by atoms with van der Waals surface area (Å²) in [6.45, 7) is 9.36. The van der Waals surface area contributed by atoms with Crippen LogP contribution in [0.1, 0.15) is 80.8 Å². The summed E-state index contributed by atoms with van der Waals surface area (Å²) in [6, 6.07) is 5.94. The number of likely N-dealkylation sites (tertiary alicyclic amines) is 1. The monoisotopic (exact) mass is 443 g/mol. The van der Waals surface area contributed by atoms with Crippen molar-refractivity contribution in [1.82, 2.24) is 15.1 Å². The van der Waals surface area contributed by atoms with Gasteiger partial charge in [-0.1, -0.05) is 12.1 Å². The smallest absolute Gasteiger partial charge is 0.410 e. The Morgan fingerprint density at radius 3 is 2.56 bits per heavy atom. The number of nitrogens with zero attached hydrogens (tertiary/aromatic N) is 2. The van der Waals surface area contributed by atoms with Crippen LogP contribution in [-0.4, -0.2) is 58.8 Å². The van der Waals surface area contributed by atoms with Gasteiger partial charge in [-0.25, -0.2) is 4.79 Å². The maximum atomic E-state index is 12.8. The molecule has 0 aromatic heterocycles. The third kappa shape index (κ3) is 5.66. The van der Waals surface area contributed by atoms with Crippen molar-refractivity contribution in [1.29, 1.82) is 0 Å². The number of imide groups is 1. The fourth-order valence-corrected chi connectivity index (χ4v) is 4.33. The summed E-state index contributed by atoms with van der Waals surface area (Å²) in [5, 5.41) is 2.13. The molecule has 1 atom stereocenters. The summed E-state index contributed by atoms with van der Waals surface area (Å²) in [5.41, 5.74) is 2.41. The van der Waals surface area contributed by atoms with Gasteiger partial charge in [0.25, 0.3) is 5.91 Å². The molecule has 0 bridgehead atoms. The number of hydrogen-bond acceptors (Lipinski definition) is 5. The van der Waals surface area contributed by atoms with Crippen LogP contribution in [-0.2, 0) is 20.9 Å². The molecule has 0 saturated carbocycles. The van der Waals surface area contributed by atoms with Crippen LogP contribution < -0.4 is 5.32 Å². The summed E-state index contributed by atoms with van der Waals surface area (Å²) in [7, 11) is 0. The Labute approximate surface area is 189 Å². The van der Waals surface area contributed by atoms with Crippen LogP contribution in [0.4, 0.5) is 4.79 Å². The van der Waals surface area contributed by atoms with Crippen LogP contribution in [0, 0.1) is 0 Å². The average Bonchev–Trinajstić information content (AvgIpc) is 3.07. The van der Waals surface area contributed by atoms with Crippen molar-refractivity contribution < 1.29 is 23.9 Å². The van der Waals surface area contributed by atoms with Gasteiger partial charge in [0, 0.05) is 37.7 Å². The van der Waals surface area contributed by atoms with Gasteiger partial charge in [0.05, 0.1) is 0 Å². The normalized spacial score (nSPS) is 17.7. The topological polar surface area (TPSA) is 96.0 Å². The molecule has 3 rings (SSSR count). The summed E-state index contributed by atoms with van der Waals surface area (Å²) < 4.78 is 5.47. The van der Waals surface area contributed by atoms with Crippen molar-refractivity contribution in [3.63, 3.8) is 0 Å². The highest BCUT2D eigenvalue weighted by atomic mass is 16.6. The molecule has 1 saturated heterocycles. The van der Waals surface area contributed by atoms with E-state index in [1.54, 1.807) is 9.80 Å². The van der Waals surface area contributed by atoms with Gasteiger partial charge in [-0.15, -0.1) is 0 Å². The van der Waals surface area contributed by atoms with Gasteiger partial charge < -0.3 is 14.5 Å². The third-order valence-electron chi connectivity index (χ3n) is 6.12. The standard InChI is InChI=1S/C24H33N3O5/c1-16(5-8-21(29)25-15-28)27-14-19-13-18(6-7-20(19)22(27)30)17-9-11-26(12-10-17)23(31)32-24(2,3)4/h6-7,13,15-17H,5,8-12,14H2,1-4H3,(H,25,28,29). The third-order valence-corrected chi connectivity index (χ3v) is 6.12. The van der Waals surface area contributed by atoms with Gasteiger partial charge in [-0.2, -0.15) is 0 Å². The molecule has 1 aromatic carbocycles. The predicted octanol–water partition coefficient (Wildman–Crippen LogP) is 3.20. The lowest BCUT2D eigenvalue weighted by molar-refractivity contribution is -0.125. The Kier molecular flexibility index (Phi) is 7.21. The van der Waals surface area contributed by atoms with E-state index in [1.165, 1.54) is 5.56 Å². The van der Waals surface area contributed by atoms with Crippen molar-refractivity contribution >= 4 is 24.3 Å². The van der Waals surface area contributed by atoms with E-state index >= 15 is 0 Å². The molecular formula is C24H33N3O5. The van der Waals surface area contributed by atoms with E-state index in [4.69, 9.17) is 4.74 Å². The Morgan fingerprint density at radius 2 is 1.94 bits per heavy atom. The molecule has 1 aromatic rings. The van der Waals surface area contributed by atoms with Gasteiger partial charge in [0.1, 0.15) is 5.60 Å². The summed E-state index contributed by atoms with van der Waals surface area (Å²) >= 11 is 0. The maximum absolute atomic E-state index is 12.8. The van der Waals surface area contributed by atoms with Gasteiger partial charge >= 0.3 is 6.09 Å².